The average molecular weight is 215 g/mol. The van der Waals surface area contributed by atoms with E-state index in [0.29, 0.717) is 5.41 Å². The van der Waals surface area contributed by atoms with Gasteiger partial charge in [0, 0.05) is 13.1 Å². The monoisotopic (exact) mass is 215 g/mol. The first kappa shape index (κ1) is 12.3. The summed E-state index contributed by atoms with van der Waals surface area (Å²) in [6.07, 6.45) is 2.90. The topological polar surface area (TPSA) is 49.8 Å². The van der Waals surface area contributed by atoms with Crippen LogP contribution in [0.2, 0.25) is 0 Å². The summed E-state index contributed by atoms with van der Waals surface area (Å²) in [4.78, 5) is 13.3. The maximum absolute atomic E-state index is 11.5. The summed E-state index contributed by atoms with van der Waals surface area (Å²) in [6.45, 7) is 5.99. The van der Waals surface area contributed by atoms with E-state index in [0.717, 1.165) is 32.4 Å². The maximum atomic E-state index is 11.5. The van der Waals surface area contributed by atoms with E-state index >= 15 is 0 Å². The quantitative estimate of drug-likeness (QED) is 0.761. The van der Waals surface area contributed by atoms with Gasteiger partial charge in [0.2, 0.25) is 0 Å². The molecule has 1 heterocycles. The van der Waals surface area contributed by atoms with Crippen LogP contribution in [0.1, 0.15) is 33.1 Å². The van der Waals surface area contributed by atoms with E-state index in [1.807, 2.05) is 0 Å². The van der Waals surface area contributed by atoms with Gasteiger partial charge in [0.05, 0.1) is 6.61 Å². The highest BCUT2D eigenvalue weighted by atomic mass is 16.6. The van der Waals surface area contributed by atoms with Gasteiger partial charge >= 0.3 is 6.09 Å². The number of rotatable bonds is 2. The Bertz CT molecular complexity index is 216. The van der Waals surface area contributed by atoms with Crippen molar-refractivity contribution in [2.24, 2.45) is 5.41 Å². The molecule has 0 aromatic carbocycles. The number of ether oxygens (including phenoxy) is 1. The minimum atomic E-state index is -0.290. The lowest BCUT2D eigenvalue weighted by Crippen LogP contribution is -2.33. The summed E-state index contributed by atoms with van der Waals surface area (Å²) in [5, 5.41) is 8.56. The number of likely N-dealkylation sites (tertiary alicyclic amines) is 1. The summed E-state index contributed by atoms with van der Waals surface area (Å²) in [7, 11) is 0. The van der Waals surface area contributed by atoms with Gasteiger partial charge in [0.15, 0.2) is 0 Å². The molecule has 1 aliphatic heterocycles. The molecule has 1 aliphatic rings. The molecular weight excluding hydrogens is 194 g/mol. The van der Waals surface area contributed by atoms with Crippen LogP contribution >= 0.6 is 0 Å². The number of carbonyl (C=O) groups excluding carboxylic acids is 1. The minimum Gasteiger partial charge on any atom is -0.447 e. The standard InChI is InChI=1S/C11H21NO3/c1-11(2)4-3-6-12(7-5-11)10(14)15-9-8-13/h13H,3-9H2,1-2H3. The number of amides is 1. The van der Waals surface area contributed by atoms with Gasteiger partial charge in [-0.15, -0.1) is 0 Å². The third-order valence-corrected chi connectivity index (χ3v) is 2.92. The first-order valence-electron chi connectivity index (χ1n) is 5.58. The van der Waals surface area contributed by atoms with Crippen molar-refractivity contribution in [3.8, 4) is 0 Å². The molecule has 0 unspecified atom stereocenters. The van der Waals surface area contributed by atoms with Crippen molar-refractivity contribution >= 4 is 6.09 Å². The van der Waals surface area contributed by atoms with Gasteiger partial charge in [-0.1, -0.05) is 13.8 Å². The molecular formula is C11H21NO3. The van der Waals surface area contributed by atoms with E-state index in [9.17, 15) is 4.79 Å². The first-order chi connectivity index (χ1) is 7.05. The van der Waals surface area contributed by atoms with Crippen LogP contribution in [-0.2, 0) is 4.74 Å². The van der Waals surface area contributed by atoms with Crippen LogP contribution < -0.4 is 0 Å². The van der Waals surface area contributed by atoms with E-state index in [1.165, 1.54) is 0 Å². The summed E-state index contributed by atoms with van der Waals surface area (Å²) in [5.74, 6) is 0. The zero-order valence-electron chi connectivity index (χ0n) is 9.66. The van der Waals surface area contributed by atoms with Crippen LogP contribution in [-0.4, -0.2) is 42.4 Å². The van der Waals surface area contributed by atoms with Gasteiger partial charge in [-0.2, -0.15) is 0 Å². The first-order valence-corrected chi connectivity index (χ1v) is 5.58. The molecule has 0 aromatic heterocycles. The second-order valence-corrected chi connectivity index (χ2v) is 4.84. The van der Waals surface area contributed by atoms with E-state index in [2.05, 4.69) is 13.8 Å². The van der Waals surface area contributed by atoms with E-state index in [1.54, 1.807) is 4.90 Å². The third kappa shape index (κ3) is 4.08. The highest BCUT2D eigenvalue weighted by Crippen LogP contribution is 2.29. The summed E-state index contributed by atoms with van der Waals surface area (Å²) in [6, 6.07) is 0. The average Bonchev–Trinajstić information content (AvgIpc) is 2.36. The summed E-state index contributed by atoms with van der Waals surface area (Å²) in [5.41, 5.74) is 0.325. The predicted octanol–water partition coefficient (Wildman–Crippen LogP) is 1.63. The number of carbonyl (C=O) groups is 1. The smallest absolute Gasteiger partial charge is 0.409 e. The highest BCUT2D eigenvalue weighted by Gasteiger charge is 2.25. The van der Waals surface area contributed by atoms with Gasteiger partial charge in [-0.25, -0.2) is 4.79 Å². The number of aliphatic hydroxyl groups excluding tert-OH is 1. The van der Waals surface area contributed by atoms with Crippen molar-refractivity contribution in [2.45, 2.75) is 33.1 Å². The van der Waals surface area contributed by atoms with E-state index in [4.69, 9.17) is 9.84 Å². The van der Waals surface area contributed by atoms with Crippen LogP contribution in [0.5, 0.6) is 0 Å². The van der Waals surface area contributed by atoms with Crippen molar-refractivity contribution in [3.05, 3.63) is 0 Å². The summed E-state index contributed by atoms with van der Waals surface area (Å²) >= 11 is 0. The van der Waals surface area contributed by atoms with Crippen LogP contribution in [0, 0.1) is 5.41 Å². The molecule has 1 fully saturated rings. The normalized spacial score (nSPS) is 20.9. The Labute approximate surface area is 91.2 Å². The van der Waals surface area contributed by atoms with Crippen LogP contribution in [0.4, 0.5) is 4.79 Å². The molecule has 1 rings (SSSR count). The van der Waals surface area contributed by atoms with Crippen molar-refractivity contribution in [1.82, 2.24) is 4.90 Å². The molecule has 1 amide bonds. The molecule has 0 aliphatic carbocycles. The largest absolute Gasteiger partial charge is 0.447 e. The maximum Gasteiger partial charge on any atom is 0.409 e. The lowest BCUT2D eigenvalue weighted by Gasteiger charge is -2.22. The Hall–Kier alpha value is -0.770. The lowest BCUT2D eigenvalue weighted by atomic mass is 9.85. The molecule has 1 N–H and O–H groups in total. The Morgan fingerprint density at radius 2 is 2.13 bits per heavy atom. The fraction of sp³-hybridized carbons (Fsp3) is 0.909. The van der Waals surface area contributed by atoms with Crippen LogP contribution in [0.15, 0.2) is 0 Å². The molecule has 0 radical (unpaired) electrons. The lowest BCUT2D eigenvalue weighted by molar-refractivity contribution is 0.0844. The third-order valence-electron chi connectivity index (χ3n) is 2.92. The molecule has 4 nitrogen and oxygen atoms in total. The van der Waals surface area contributed by atoms with Crippen molar-refractivity contribution in [2.75, 3.05) is 26.3 Å². The van der Waals surface area contributed by atoms with Gasteiger partial charge < -0.3 is 14.7 Å². The van der Waals surface area contributed by atoms with Crippen molar-refractivity contribution < 1.29 is 14.6 Å². The molecule has 4 heteroatoms. The predicted molar refractivity (Wildman–Crippen MR) is 57.6 cm³/mol. The molecule has 0 atom stereocenters. The molecule has 0 spiro atoms. The van der Waals surface area contributed by atoms with E-state index < -0.39 is 0 Å². The number of hydrogen-bond acceptors (Lipinski definition) is 3. The SMILES string of the molecule is CC1(C)CCCN(C(=O)OCCO)CC1. The molecule has 15 heavy (non-hydrogen) atoms. The second-order valence-electron chi connectivity index (χ2n) is 4.84. The number of nitrogens with zero attached hydrogens (tertiary/aromatic N) is 1. The van der Waals surface area contributed by atoms with Gasteiger partial charge in [-0.3, -0.25) is 0 Å². The zero-order chi connectivity index (χ0) is 11.3. The number of aliphatic hydroxyl groups is 1. The number of hydrogen-bond donors (Lipinski definition) is 1. The van der Waals surface area contributed by atoms with Crippen LogP contribution in [0.3, 0.4) is 0 Å². The Balaban J connectivity index is 2.40. The van der Waals surface area contributed by atoms with Gasteiger partial charge in [-0.05, 0) is 24.7 Å². The molecule has 0 aromatic rings. The second kappa shape index (κ2) is 5.35. The van der Waals surface area contributed by atoms with Gasteiger partial charge in [0.1, 0.15) is 6.61 Å². The van der Waals surface area contributed by atoms with Gasteiger partial charge in [0.25, 0.3) is 0 Å². The van der Waals surface area contributed by atoms with Crippen LogP contribution in [0.25, 0.3) is 0 Å². The molecule has 0 bridgehead atoms. The highest BCUT2D eigenvalue weighted by molar-refractivity contribution is 5.67. The minimum absolute atomic E-state index is 0.0960. The fourth-order valence-corrected chi connectivity index (χ4v) is 1.83. The van der Waals surface area contributed by atoms with E-state index in [-0.39, 0.29) is 19.3 Å². The summed E-state index contributed by atoms with van der Waals surface area (Å²) < 4.78 is 4.89. The Morgan fingerprint density at radius 3 is 2.80 bits per heavy atom. The Kier molecular flexibility index (Phi) is 4.39. The zero-order valence-corrected chi connectivity index (χ0v) is 9.66. The molecule has 1 saturated heterocycles. The van der Waals surface area contributed by atoms with Crippen molar-refractivity contribution in [1.29, 1.82) is 0 Å². The fourth-order valence-electron chi connectivity index (χ4n) is 1.83. The van der Waals surface area contributed by atoms with Crippen molar-refractivity contribution in [3.63, 3.8) is 0 Å². The molecule has 0 saturated carbocycles. The Morgan fingerprint density at radius 1 is 1.40 bits per heavy atom. The molecule has 88 valence electrons.